The zero-order chi connectivity index (χ0) is 67.0. The minimum atomic E-state index is -4.77. The Morgan fingerprint density at radius 2 is 1.22 bits per heavy atom. The molecule has 2 heterocycles. The van der Waals surface area contributed by atoms with Crippen LogP contribution in [-0.2, 0) is 57.4 Å². The number of ether oxygens (including phenoxy) is 9. The second-order valence-corrected chi connectivity index (χ2v) is 28.8. The van der Waals surface area contributed by atoms with Gasteiger partial charge in [-0.25, -0.2) is 42.8 Å². The lowest BCUT2D eigenvalue weighted by atomic mass is 9.82. The Morgan fingerprint density at radius 1 is 0.727 bits per heavy atom. The molecule has 9 N–H and O–H groups in total. The minimum Gasteiger partial charge on any atom is -0.444 e. The fraction of sp³-hybridized carbons (Fsp3) is 0.782. The number of amides is 6. The van der Waals surface area contributed by atoms with Crippen LogP contribution in [0.5, 0.6) is 0 Å². The normalized spacial score (nSPS) is 26.7. The molecule has 88 heavy (non-hydrogen) atoms. The van der Waals surface area contributed by atoms with Crippen molar-refractivity contribution in [2.45, 2.75) is 242 Å². The summed E-state index contributed by atoms with van der Waals surface area (Å²) >= 11 is 0. The number of sulfonamides is 1. The Morgan fingerprint density at radius 3 is 1.74 bits per heavy atom. The monoisotopic (exact) mass is 1280 g/mol. The van der Waals surface area contributed by atoms with Crippen LogP contribution in [0, 0.1) is 10.1 Å². The molecule has 6 amide bonds. The van der Waals surface area contributed by atoms with Crippen molar-refractivity contribution in [3.05, 3.63) is 34.4 Å². The van der Waals surface area contributed by atoms with Gasteiger partial charge in [0.05, 0.1) is 55.0 Å². The number of aliphatic hydroxyl groups excluding tert-OH is 4. The van der Waals surface area contributed by atoms with Gasteiger partial charge >= 0.3 is 30.5 Å². The number of nitrogens with one attached hydrogen (secondary N) is 4. The molecule has 1 aromatic carbocycles. The number of alkyl carbamates (subject to hydrolysis) is 2. The van der Waals surface area contributed by atoms with E-state index in [1.807, 2.05) is 0 Å². The summed E-state index contributed by atoms with van der Waals surface area (Å²) in [6.07, 6.45) is -21.3. The topological polar surface area (TPSA) is 422 Å². The van der Waals surface area contributed by atoms with E-state index < -0.39 is 208 Å². The number of likely N-dealkylation sites (N-methyl/N-ethyl adjacent to an activating group) is 1. The molecular weight excluding hydrogens is 1190 g/mol. The van der Waals surface area contributed by atoms with E-state index in [2.05, 4.69) is 21.4 Å². The molecule has 0 spiro atoms. The zero-order valence-electron chi connectivity index (χ0n) is 53.1. The predicted molar refractivity (Wildman–Crippen MR) is 308 cm³/mol. The number of hydrazine groups is 1. The smallest absolute Gasteiger partial charge is 0.429 e. The van der Waals surface area contributed by atoms with Crippen LogP contribution >= 0.6 is 0 Å². The van der Waals surface area contributed by atoms with E-state index in [-0.39, 0.29) is 12.8 Å². The number of nitrogens with zero attached hydrogens (tertiary/aromatic N) is 4. The molecule has 1 unspecified atom stereocenters. The fourth-order valence-corrected chi connectivity index (χ4v) is 11.1. The molecule has 33 heteroatoms. The fourth-order valence-electron chi connectivity index (χ4n) is 9.53. The lowest BCUT2D eigenvalue weighted by Crippen LogP contribution is -2.71. The third-order valence-electron chi connectivity index (χ3n) is 13.0. The van der Waals surface area contributed by atoms with Crippen LogP contribution < -0.4 is 21.4 Å². The van der Waals surface area contributed by atoms with Gasteiger partial charge < -0.3 is 89.0 Å². The van der Waals surface area contributed by atoms with E-state index in [1.54, 1.807) is 62.3 Å². The van der Waals surface area contributed by atoms with Gasteiger partial charge in [-0.2, -0.15) is 4.31 Å². The van der Waals surface area contributed by atoms with Crippen molar-refractivity contribution >= 4 is 52.1 Å². The number of hydrogen-bond donors (Lipinski definition) is 9. The van der Waals surface area contributed by atoms with Crippen LogP contribution in [0.4, 0.5) is 29.7 Å². The van der Waals surface area contributed by atoms with Gasteiger partial charge in [-0.15, -0.1) is 0 Å². The lowest BCUT2D eigenvalue weighted by Gasteiger charge is -2.51. The third kappa shape index (κ3) is 22.2. The molecule has 0 bridgehead atoms. The quantitative estimate of drug-likeness (QED) is 0.0579. The Labute approximate surface area is 512 Å². The third-order valence-corrected chi connectivity index (χ3v) is 14.9. The summed E-state index contributed by atoms with van der Waals surface area (Å²) in [5.74, 6) is -1.31. The molecule has 2 saturated heterocycles. The van der Waals surface area contributed by atoms with E-state index in [9.17, 15) is 72.8 Å². The number of carbonyl (C=O) groups is 6. The first-order valence-electron chi connectivity index (χ1n) is 28.6. The number of hydrogen-bond acceptors (Lipinski definition) is 24. The molecule has 502 valence electrons. The van der Waals surface area contributed by atoms with Gasteiger partial charge in [-0.1, -0.05) is 12.1 Å². The van der Waals surface area contributed by atoms with Crippen LogP contribution in [-0.4, -0.2) is 236 Å². The van der Waals surface area contributed by atoms with Gasteiger partial charge in [0.25, 0.3) is 11.6 Å². The number of rotatable bonds is 18. The maximum Gasteiger partial charge on any atom is 0.429 e. The Bertz CT molecular complexity index is 2710. The molecule has 13 atom stereocenters. The molecule has 4 rings (SSSR count). The van der Waals surface area contributed by atoms with Crippen LogP contribution in [0.2, 0.25) is 0 Å². The number of para-hydroxylation sites is 1. The summed E-state index contributed by atoms with van der Waals surface area (Å²) in [7, 11) is -3.53. The maximum absolute atomic E-state index is 14.4. The van der Waals surface area contributed by atoms with Crippen molar-refractivity contribution in [1.29, 1.82) is 0 Å². The average molecular weight is 1280 g/mol. The number of carbonyl (C=O) groups excluding carboxylic acids is 6. The van der Waals surface area contributed by atoms with Gasteiger partial charge in [0.2, 0.25) is 10.0 Å². The summed E-state index contributed by atoms with van der Waals surface area (Å²) in [6.45, 7) is 21.0. The molecule has 1 saturated carbocycles. The van der Waals surface area contributed by atoms with Crippen molar-refractivity contribution in [2.75, 3.05) is 39.9 Å². The van der Waals surface area contributed by atoms with Crippen LogP contribution in [0.15, 0.2) is 29.2 Å². The maximum atomic E-state index is 14.4. The summed E-state index contributed by atoms with van der Waals surface area (Å²) in [5.41, 5.74) is -6.13. The highest BCUT2D eigenvalue weighted by atomic mass is 32.2. The van der Waals surface area contributed by atoms with Crippen molar-refractivity contribution in [1.82, 2.24) is 35.6 Å². The lowest BCUT2D eigenvalue weighted by molar-refractivity contribution is -0.387. The molecule has 0 radical (unpaired) electrons. The molecular formula is C55H92N8O24S. The van der Waals surface area contributed by atoms with E-state index >= 15 is 0 Å². The molecule has 3 aliphatic rings. The SMILES string of the molecule is CN(C(=O)OC(C)(C)C)[C@@H]1[C@@H](O)[C@@H](O[C@@H]2[C@@H](O)[C@H](O[C@H]3O[C@H](CN(CCO)S(=O)(=O)c4ccccc4[N+](=O)[O-])CC[C@H]3NC(=O)OC(C)(C)C)[C@@H](NC(=O)OC(C)(C)C)C[C@H]2NC(=O)C(O)CN(NC(=O)OC(C)(C)C)C(=O)OC(C)(C)C)OC[C@]1(C)O. The number of aliphatic hydroxyl groups is 5. The molecule has 32 nitrogen and oxygen atoms in total. The number of nitro benzene ring substituents is 1. The first-order valence-corrected chi connectivity index (χ1v) is 30.0. The van der Waals surface area contributed by atoms with E-state index in [4.69, 9.17) is 42.6 Å². The van der Waals surface area contributed by atoms with Crippen molar-refractivity contribution < 1.29 is 110 Å². The minimum absolute atomic E-state index is 0.0537. The Hall–Kier alpha value is -6.01. The first kappa shape index (κ1) is 74.5. The first-order chi connectivity index (χ1) is 40.1. The molecule has 3 fully saturated rings. The molecule has 1 aromatic rings. The number of benzene rings is 1. The summed E-state index contributed by atoms with van der Waals surface area (Å²) < 4.78 is 82.0. The Kier molecular flexibility index (Phi) is 24.8. The van der Waals surface area contributed by atoms with Gasteiger partial charge in [0.15, 0.2) is 23.6 Å². The largest absolute Gasteiger partial charge is 0.444 e. The van der Waals surface area contributed by atoms with Gasteiger partial charge in [-0.3, -0.25) is 14.9 Å². The standard InChI is InChI=1S/C55H92N8O24S/c1-50(2,3)83-45(69)57-31-23-22-30(27-61(24-25-64)88(77,78)36-21-19-18-20-34(36)63(75)76)80-43(31)81-40-33(58-46(70)84-51(4,5)6)26-32(56-42(68)35(65)28-62(49(73)87-54(13,14)15)59-47(71)85-52(7,8)9)39(37(40)66)82-44-38(67)41(55(16,74)29-79-44)60(17)48(72)86-53(10,11)12/h18-21,30-33,35,37-41,43-44,64-67,74H,22-29H2,1-17H3,(H,56,68)(H,57,69)(H,58,70)(H,59,71)/t30-,31+,32+,33-,35?,37+,38+,39-,40+,41+,43+,44+,55-/m0/s1. The Balaban J connectivity index is 1.90. The van der Waals surface area contributed by atoms with Crippen LogP contribution in [0.25, 0.3) is 0 Å². The van der Waals surface area contributed by atoms with Gasteiger partial charge in [-0.05, 0) is 136 Å². The van der Waals surface area contributed by atoms with Crippen molar-refractivity contribution in [3.63, 3.8) is 0 Å². The summed E-state index contributed by atoms with van der Waals surface area (Å²) in [6, 6.07) is -1.44. The molecule has 1 aliphatic carbocycles. The second kappa shape index (κ2) is 29.3. The van der Waals surface area contributed by atoms with Gasteiger partial charge in [0.1, 0.15) is 58.0 Å². The molecule has 0 aromatic heterocycles. The van der Waals surface area contributed by atoms with Crippen molar-refractivity contribution in [2.24, 2.45) is 0 Å². The van der Waals surface area contributed by atoms with E-state index in [1.165, 1.54) is 67.6 Å². The highest BCUT2D eigenvalue weighted by molar-refractivity contribution is 7.89. The predicted octanol–water partition coefficient (Wildman–Crippen LogP) is 2.63. The highest BCUT2D eigenvalue weighted by Crippen LogP contribution is 2.36. The van der Waals surface area contributed by atoms with Crippen molar-refractivity contribution in [3.8, 4) is 0 Å². The van der Waals surface area contributed by atoms with E-state index in [0.29, 0.717) is 5.01 Å². The summed E-state index contributed by atoms with van der Waals surface area (Å²) in [5, 5.41) is 78.8. The van der Waals surface area contributed by atoms with Crippen LogP contribution in [0.1, 0.15) is 130 Å². The van der Waals surface area contributed by atoms with Crippen LogP contribution in [0.3, 0.4) is 0 Å². The average Bonchev–Trinajstić information content (AvgIpc) is 0.802. The highest BCUT2D eigenvalue weighted by Gasteiger charge is 2.56. The van der Waals surface area contributed by atoms with E-state index in [0.717, 1.165) is 21.3 Å². The zero-order valence-corrected chi connectivity index (χ0v) is 53.9. The summed E-state index contributed by atoms with van der Waals surface area (Å²) in [4.78, 5) is 93.2. The number of nitro groups is 1. The van der Waals surface area contributed by atoms with Gasteiger partial charge in [0, 0.05) is 26.2 Å². The molecule has 2 aliphatic heterocycles. The second-order valence-electron chi connectivity index (χ2n) is 26.8.